The normalized spacial score (nSPS) is 13.4. The number of carbonyl (C=O) groups is 2. The Hall–Kier alpha value is -3.66. The lowest BCUT2D eigenvalue weighted by molar-refractivity contribution is -0.137. The Balaban J connectivity index is 2.13. The van der Waals surface area contributed by atoms with E-state index in [1.54, 1.807) is 49.7 Å². The maximum absolute atomic E-state index is 13.0. The summed E-state index contributed by atoms with van der Waals surface area (Å²) in [5, 5.41) is 0. The van der Waals surface area contributed by atoms with Crippen molar-refractivity contribution in [2.24, 2.45) is 0 Å². The highest BCUT2D eigenvalue weighted by Crippen LogP contribution is 2.44. The fraction of sp³-hybridized carbons (Fsp3) is 0.308. The largest absolute Gasteiger partial charge is 0.493 e. The second kappa shape index (κ2) is 11.9. The molecule has 2 aromatic carbocycles. The number of benzene rings is 2. The van der Waals surface area contributed by atoms with E-state index in [4.69, 9.17) is 28.4 Å². The van der Waals surface area contributed by atoms with Crippen LogP contribution in [0.2, 0.25) is 0 Å². The fourth-order valence-electron chi connectivity index (χ4n) is 4.03. The number of halogens is 1. The molecule has 0 spiro atoms. The highest BCUT2D eigenvalue weighted by molar-refractivity contribution is 9.10. The first-order chi connectivity index (χ1) is 17.3. The van der Waals surface area contributed by atoms with Crippen molar-refractivity contribution < 1.29 is 38.0 Å². The van der Waals surface area contributed by atoms with Crippen molar-refractivity contribution in [2.45, 2.75) is 12.5 Å². The summed E-state index contributed by atoms with van der Waals surface area (Å²) in [4.78, 5) is 27.6. The van der Waals surface area contributed by atoms with Crippen LogP contribution in [0.5, 0.6) is 23.0 Å². The first-order valence-corrected chi connectivity index (χ1v) is 11.6. The molecule has 10 heteroatoms. The standard InChI is InChI=1S/C26H28BrNO8/c1-31-20-8-7-15(9-21(20)32-2)12-28-13-17(25(29)35-5)23(18(14-28)26(30)36-6)16-10-19(27)24(34-4)22(11-16)33-3/h7-11,13-14,23H,12H2,1-6H3. The monoisotopic (exact) mass is 561 g/mol. The maximum Gasteiger partial charge on any atom is 0.336 e. The minimum atomic E-state index is -0.775. The number of hydrogen-bond donors (Lipinski definition) is 0. The van der Waals surface area contributed by atoms with Crippen molar-refractivity contribution >= 4 is 27.9 Å². The van der Waals surface area contributed by atoms with Gasteiger partial charge >= 0.3 is 11.9 Å². The molecule has 0 unspecified atom stereocenters. The van der Waals surface area contributed by atoms with Crippen molar-refractivity contribution in [3.05, 3.63) is 69.5 Å². The van der Waals surface area contributed by atoms with Gasteiger partial charge in [0.15, 0.2) is 23.0 Å². The molecule has 0 N–H and O–H groups in total. The summed E-state index contributed by atoms with van der Waals surface area (Å²) in [6.45, 7) is 0.337. The minimum absolute atomic E-state index is 0.250. The molecule has 0 atom stereocenters. The summed E-state index contributed by atoms with van der Waals surface area (Å²) in [7, 11) is 8.73. The lowest BCUT2D eigenvalue weighted by Gasteiger charge is -2.30. The first-order valence-electron chi connectivity index (χ1n) is 10.8. The topological polar surface area (TPSA) is 92.8 Å². The molecular formula is C26H28BrNO8. The molecule has 0 saturated heterocycles. The summed E-state index contributed by atoms with van der Waals surface area (Å²) in [6.07, 6.45) is 3.31. The number of carbonyl (C=O) groups excluding carboxylic acids is 2. The number of nitrogens with zero attached hydrogens (tertiary/aromatic N) is 1. The van der Waals surface area contributed by atoms with Crippen molar-refractivity contribution in [2.75, 3.05) is 42.7 Å². The molecule has 3 rings (SSSR count). The Labute approximate surface area is 218 Å². The van der Waals surface area contributed by atoms with Gasteiger partial charge in [-0.15, -0.1) is 0 Å². The van der Waals surface area contributed by atoms with Crippen LogP contribution in [0.25, 0.3) is 0 Å². The molecule has 1 aliphatic rings. The molecule has 0 amide bonds. The highest BCUT2D eigenvalue weighted by atomic mass is 79.9. The first kappa shape index (κ1) is 26.9. The van der Waals surface area contributed by atoms with Crippen LogP contribution in [-0.2, 0) is 25.6 Å². The molecule has 36 heavy (non-hydrogen) atoms. The van der Waals surface area contributed by atoms with Crippen LogP contribution in [0.4, 0.5) is 0 Å². The molecule has 0 aliphatic carbocycles. The van der Waals surface area contributed by atoms with Gasteiger partial charge in [-0.1, -0.05) is 6.07 Å². The Morgan fingerprint density at radius 3 is 1.86 bits per heavy atom. The smallest absolute Gasteiger partial charge is 0.336 e. The SMILES string of the molecule is COC(=O)C1=CN(Cc2ccc(OC)c(OC)c2)C=C(C(=O)OC)C1c1cc(Br)c(OC)c(OC)c1. The fourth-order valence-corrected chi connectivity index (χ4v) is 4.65. The van der Waals surface area contributed by atoms with Gasteiger partial charge in [-0.05, 0) is 51.3 Å². The average Bonchev–Trinajstić information content (AvgIpc) is 2.90. The molecule has 2 aromatic rings. The molecule has 192 valence electrons. The predicted octanol–water partition coefficient (Wildman–Crippen LogP) is 4.20. The van der Waals surface area contributed by atoms with Gasteiger partial charge in [0.2, 0.25) is 0 Å². The Kier molecular flexibility index (Phi) is 8.87. The van der Waals surface area contributed by atoms with Crippen molar-refractivity contribution in [1.82, 2.24) is 4.90 Å². The van der Waals surface area contributed by atoms with Crippen LogP contribution >= 0.6 is 15.9 Å². The number of ether oxygens (including phenoxy) is 6. The third kappa shape index (κ3) is 5.43. The van der Waals surface area contributed by atoms with Gasteiger partial charge in [-0.25, -0.2) is 9.59 Å². The molecule has 0 radical (unpaired) electrons. The Morgan fingerprint density at radius 1 is 0.778 bits per heavy atom. The van der Waals surface area contributed by atoms with E-state index in [1.807, 2.05) is 12.1 Å². The lowest BCUT2D eigenvalue weighted by Crippen LogP contribution is -2.28. The predicted molar refractivity (Wildman–Crippen MR) is 135 cm³/mol. The van der Waals surface area contributed by atoms with E-state index in [0.717, 1.165) is 5.56 Å². The third-order valence-corrected chi connectivity index (χ3v) is 6.27. The van der Waals surface area contributed by atoms with Gasteiger partial charge < -0.3 is 33.3 Å². The quantitative estimate of drug-likeness (QED) is 0.417. The zero-order chi connectivity index (χ0) is 26.4. The van der Waals surface area contributed by atoms with E-state index in [-0.39, 0.29) is 11.1 Å². The van der Waals surface area contributed by atoms with E-state index in [9.17, 15) is 9.59 Å². The van der Waals surface area contributed by atoms with Crippen LogP contribution in [0.15, 0.2) is 58.4 Å². The number of esters is 2. The Morgan fingerprint density at radius 2 is 1.36 bits per heavy atom. The maximum atomic E-state index is 13.0. The average molecular weight is 562 g/mol. The molecule has 0 fully saturated rings. The second-order valence-electron chi connectivity index (χ2n) is 7.68. The zero-order valence-corrected chi connectivity index (χ0v) is 22.5. The number of hydrogen-bond acceptors (Lipinski definition) is 9. The summed E-state index contributed by atoms with van der Waals surface area (Å²) >= 11 is 3.49. The highest BCUT2D eigenvalue weighted by Gasteiger charge is 2.36. The van der Waals surface area contributed by atoms with E-state index < -0.39 is 17.9 Å². The van der Waals surface area contributed by atoms with Gasteiger partial charge in [0.05, 0.1) is 64.2 Å². The summed E-state index contributed by atoms with van der Waals surface area (Å²) in [6, 6.07) is 8.97. The summed E-state index contributed by atoms with van der Waals surface area (Å²) < 4.78 is 32.4. The van der Waals surface area contributed by atoms with Crippen LogP contribution < -0.4 is 18.9 Å². The third-order valence-electron chi connectivity index (χ3n) is 5.68. The van der Waals surface area contributed by atoms with Crippen LogP contribution in [0.3, 0.4) is 0 Å². The molecule has 0 aromatic heterocycles. The van der Waals surface area contributed by atoms with Gasteiger partial charge in [-0.3, -0.25) is 0 Å². The molecule has 9 nitrogen and oxygen atoms in total. The van der Waals surface area contributed by atoms with Gasteiger partial charge in [0, 0.05) is 18.9 Å². The zero-order valence-electron chi connectivity index (χ0n) is 20.9. The molecule has 1 aliphatic heterocycles. The Bertz CT molecular complexity index is 1170. The van der Waals surface area contributed by atoms with Crippen LogP contribution in [-0.4, -0.2) is 59.5 Å². The van der Waals surface area contributed by atoms with Crippen LogP contribution in [0.1, 0.15) is 17.0 Å². The minimum Gasteiger partial charge on any atom is -0.493 e. The molecule has 0 bridgehead atoms. The molecule has 0 saturated carbocycles. The van der Waals surface area contributed by atoms with E-state index in [1.165, 1.54) is 28.4 Å². The van der Waals surface area contributed by atoms with Crippen molar-refractivity contribution in [3.63, 3.8) is 0 Å². The van der Waals surface area contributed by atoms with E-state index >= 15 is 0 Å². The van der Waals surface area contributed by atoms with Crippen molar-refractivity contribution in [3.8, 4) is 23.0 Å². The molecular weight excluding hydrogens is 534 g/mol. The van der Waals surface area contributed by atoms with Gasteiger partial charge in [-0.2, -0.15) is 0 Å². The summed E-state index contributed by atoms with van der Waals surface area (Å²) in [5.41, 5.74) is 1.97. The second-order valence-corrected chi connectivity index (χ2v) is 8.54. The van der Waals surface area contributed by atoms with Gasteiger partial charge in [0.1, 0.15) is 0 Å². The van der Waals surface area contributed by atoms with Gasteiger partial charge in [0.25, 0.3) is 0 Å². The van der Waals surface area contributed by atoms with E-state index in [0.29, 0.717) is 39.6 Å². The van der Waals surface area contributed by atoms with Crippen LogP contribution in [0, 0.1) is 0 Å². The van der Waals surface area contributed by atoms with E-state index in [2.05, 4.69) is 15.9 Å². The number of methoxy groups -OCH3 is 6. The van der Waals surface area contributed by atoms with Crippen molar-refractivity contribution in [1.29, 1.82) is 0 Å². The molecule has 1 heterocycles. The number of rotatable bonds is 9. The summed E-state index contributed by atoms with van der Waals surface area (Å²) in [5.74, 6) is 0.130. The lowest BCUT2D eigenvalue weighted by atomic mass is 9.83.